The van der Waals surface area contributed by atoms with Crippen molar-refractivity contribution in [1.29, 1.82) is 0 Å². The van der Waals surface area contributed by atoms with Crippen LogP contribution < -0.4 is 5.32 Å². The molecular formula is C17H36N2. The van der Waals surface area contributed by atoms with Gasteiger partial charge in [-0.2, -0.15) is 0 Å². The number of hydrogen-bond acceptors (Lipinski definition) is 2. The van der Waals surface area contributed by atoms with Gasteiger partial charge in [-0.15, -0.1) is 0 Å². The second kappa shape index (κ2) is 7.08. The van der Waals surface area contributed by atoms with E-state index in [4.69, 9.17) is 0 Å². The van der Waals surface area contributed by atoms with Crippen LogP contribution >= 0.6 is 0 Å². The first-order valence-electron chi connectivity index (χ1n) is 8.25. The molecule has 2 heteroatoms. The Balaban J connectivity index is 2.76. The summed E-state index contributed by atoms with van der Waals surface area (Å²) in [7, 11) is 2.34. The molecule has 0 aliphatic heterocycles. The molecule has 0 saturated heterocycles. The molecule has 0 bridgehead atoms. The highest BCUT2D eigenvalue weighted by Crippen LogP contribution is 2.38. The molecule has 1 fully saturated rings. The van der Waals surface area contributed by atoms with Gasteiger partial charge >= 0.3 is 0 Å². The van der Waals surface area contributed by atoms with Gasteiger partial charge < -0.3 is 5.32 Å². The van der Waals surface area contributed by atoms with Crippen molar-refractivity contribution in [1.82, 2.24) is 10.2 Å². The van der Waals surface area contributed by atoms with Crippen LogP contribution in [0.1, 0.15) is 67.2 Å². The zero-order valence-corrected chi connectivity index (χ0v) is 14.3. The highest BCUT2D eigenvalue weighted by atomic mass is 15.2. The zero-order valence-electron chi connectivity index (χ0n) is 14.3. The van der Waals surface area contributed by atoms with Crippen molar-refractivity contribution in [3.63, 3.8) is 0 Å². The molecule has 114 valence electrons. The van der Waals surface area contributed by atoms with E-state index in [2.05, 4.69) is 58.8 Å². The van der Waals surface area contributed by atoms with Crippen LogP contribution in [0.15, 0.2) is 0 Å². The molecule has 1 aliphatic carbocycles. The molecule has 19 heavy (non-hydrogen) atoms. The van der Waals surface area contributed by atoms with Crippen LogP contribution in [0.3, 0.4) is 0 Å². The molecule has 1 N–H and O–H groups in total. The van der Waals surface area contributed by atoms with Crippen LogP contribution in [0.5, 0.6) is 0 Å². The lowest BCUT2D eigenvalue weighted by atomic mass is 9.70. The van der Waals surface area contributed by atoms with Crippen molar-refractivity contribution in [3.05, 3.63) is 0 Å². The Kier molecular flexibility index (Phi) is 6.32. The maximum atomic E-state index is 3.77. The van der Waals surface area contributed by atoms with E-state index in [0.29, 0.717) is 23.5 Å². The Morgan fingerprint density at radius 1 is 1.26 bits per heavy atom. The third-order valence-electron chi connectivity index (χ3n) is 5.00. The molecule has 0 heterocycles. The number of nitrogens with zero attached hydrogens (tertiary/aromatic N) is 1. The lowest BCUT2D eigenvalue weighted by molar-refractivity contribution is 0.0397. The number of likely N-dealkylation sites (N-methyl/N-ethyl adjacent to an activating group) is 2. The van der Waals surface area contributed by atoms with Gasteiger partial charge in [0.15, 0.2) is 0 Å². The van der Waals surface area contributed by atoms with Crippen molar-refractivity contribution >= 4 is 0 Å². The van der Waals surface area contributed by atoms with Gasteiger partial charge in [-0.3, -0.25) is 4.90 Å². The molecule has 1 aliphatic rings. The summed E-state index contributed by atoms with van der Waals surface area (Å²) < 4.78 is 0. The zero-order chi connectivity index (χ0) is 14.6. The van der Waals surface area contributed by atoms with Gasteiger partial charge in [-0.05, 0) is 51.1 Å². The normalized spacial score (nSPS) is 28.9. The Bertz CT molecular complexity index is 260. The van der Waals surface area contributed by atoms with E-state index in [1.165, 1.54) is 25.7 Å². The topological polar surface area (TPSA) is 15.3 Å². The first-order chi connectivity index (χ1) is 8.79. The van der Waals surface area contributed by atoms with Crippen LogP contribution in [0.2, 0.25) is 0 Å². The van der Waals surface area contributed by atoms with E-state index >= 15 is 0 Å². The van der Waals surface area contributed by atoms with E-state index in [1.807, 2.05) is 0 Å². The third-order valence-corrected chi connectivity index (χ3v) is 5.00. The average Bonchev–Trinajstić information content (AvgIpc) is 2.29. The van der Waals surface area contributed by atoms with E-state index in [1.54, 1.807) is 0 Å². The lowest BCUT2D eigenvalue weighted by Gasteiger charge is -2.49. The Morgan fingerprint density at radius 3 is 2.42 bits per heavy atom. The van der Waals surface area contributed by atoms with E-state index < -0.39 is 0 Å². The molecule has 0 aromatic rings. The first kappa shape index (κ1) is 17.0. The second-order valence-corrected chi connectivity index (χ2v) is 7.63. The number of nitrogens with one attached hydrogen (secondary N) is 1. The van der Waals surface area contributed by atoms with Crippen molar-refractivity contribution in [3.8, 4) is 0 Å². The second-order valence-electron chi connectivity index (χ2n) is 7.63. The summed E-state index contributed by atoms with van der Waals surface area (Å²) in [5, 5.41) is 3.77. The summed E-state index contributed by atoms with van der Waals surface area (Å²) in [6.07, 6.45) is 5.37. The molecule has 1 saturated carbocycles. The Hall–Kier alpha value is -0.0800. The average molecular weight is 268 g/mol. The molecule has 0 aromatic heterocycles. The maximum absolute atomic E-state index is 3.77. The van der Waals surface area contributed by atoms with Gasteiger partial charge in [0, 0.05) is 18.1 Å². The van der Waals surface area contributed by atoms with Crippen LogP contribution in [0.4, 0.5) is 0 Å². The molecule has 0 radical (unpaired) electrons. The van der Waals surface area contributed by atoms with Gasteiger partial charge in [-0.1, -0.05) is 41.0 Å². The molecular weight excluding hydrogens is 232 g/mol. The van der Waals surface area contributed by atoms with Crippen LogP contribution in [-0.4, -0.2) is 36.6 Å². The largest absolute Gasteiger partial charge is 0.312 e. The smallest absolute Gasteiger partial charge is 0.0274 e. The molecule has 0 aromatic carbocycles. The summed E-state index contributed by atoms with van der Waals surface area (Å²) >= 11 is 0. The van der Waals surface area contributed by atoms with E-state index in [-0.39, 0.29) is 0 Å². The third kappa shape index (κ3) is 4.46. The Morgan fingerprint density at radius 2 is 1.89 bits per heavy atom. The van der Waals surface area contributed by atoms with Gasteiger partial charge in [0.05, 0.1) is 0 Å². The quantitative estimate of drug-likeness (QED) is 0.786. The SMILES string of the molecule is CCNC1C(N(C)C(C)CC(C)C)CCCC1(C)C. The molecule has 1 rings (SSSR count). The summed E-state index contributed by atoms with van der Waals surface area (Å²) in [4.78, 5) is 2.65. The fourth-order valence-corrected chi connectivity index (χ4v) is 3.86. The van der Waals surface area contributed by atoms with Crippen molar-refractivity contribution in [2.24, 2.45) is 11.3 Å². The standard InChI is InChI=1S/C17H36N2/c1-8-18-16-15(10-9-11-17(16,5)6)19(7)14(4)12-13(2)3/h13-16,18H,8-12H2,1-7H3. The van der Waals surface area contributed by atoms with Gasteiger partial charge in [0.2, 0.25) is 0 Å². The predicted octanol–water partition coefficient (Wildman–Crippen LogP) is 3.91. The highest BCUT2D eigenvalue weighted by molar-refractivity contribution is 4.98. The highest BCUT2D eigenvalue weighted by Gasteiger charge is 2.40. The number of rotatable bonds is 6. The van der Waals surface area contributed by atoms with Gasteiger partial charge in [-0.25, -0.2) is 0 Å². The van der Waals surface area contributed by atoms with Crippen LogP contribution in [-0.2, 0) is 0 Å². The van der Waals surface area contributed by atoms with E-state index in [9.17, 15) is 0 Å². The first-order valence-corrected chi connectivity index (χ1v) is 8.25. The molecule has 2 nitrogen and oxygen atoms in total. The summed E-state index contributed by atoms with van der Waals surface area (Å²) in [5.41, 5.74) is 0.421. The molecule has 3 atom stereocenters. The fourth-order valence-electron chi connectivity index (χ4n) is 3.86. The van der Waals surface area contributed by atoms with Crippen molar-refractivity contribution in [2.45, 2.75) is 85.4 Å². The monoisotopic (exact) mass is 268 g/mol. The van der Waals surface area contributed by atoms with Crippen LogP contribution in [0.25, 0.3) is 0 Å². The number of hydrogen-bond donors (Lipinski definition) is 1. The summed E-state index contributed by atoms with van der Waals surface area (Å²) in [5.74, 6) is 0.784. The maximum Gasteiger partial charge on any atom is 0.0274 e. The lowest BCUT2D eigenvalue weighted by Crippen LogP contribution is -2.59. The predicted molar refractivity (Wildman–Crippen MR) is 85.6 cm³/mol. The fraction of sp³-hybridized carbons (Fsp3) is 1.00. The van der Waals surface area contributed by atoms with Crippen molar-refractivity contribution in [2.75, 3.05) is 13.6 Å². The molecule has 3 unspecified atom stereocenters. The minimum Gasteiger partial charge on any atom is -0.312 e. The Labute approximate surface area is 121 Å². The summed E-state index contributed by atoms with van der Waals surface area (Å²) in [6.45, 7) is 15.2. The van der Waals surface area contributed by atoms with Gasteiger partial charge in [0.25, 0.3) is 0 Å². The van der Waals surface area contributed by atoms with Crippen LogP contribution in [0, 0.1) is 11.3 Å². The minimum absolute atomic E-state index is 0.421. The minimum atomic E-state index is 0.421. The molecule has 0 amide bonds. The van der Waals surface area contributed by atoms with Crippen molar-refractivity contribution < 1.29 is 0 Å². The summed E-state index contributed by atoms with van der Waals surface area (Å²) in [6, 6.07) is 2.00. The van der Waals surface area contributed by atoms with E-state index in [0.717, 1.165) is 12.5 Å². The molecule has 0 spiro atoms. The van der Waals surface area contributed by atoms with Gasteiger partial charge in [0.1, 0.15) is 0 Å².